The van der Waals surface area contributed by atoms with Crippen molar-refractivity contribution in [3.8, 4) is 5.75 Å². The second-order valence-corrected chi connectivity index (χ2v) is 6.23. The van der Waals surface area contributed by atoms with E-state index < -0.39 is 0 Å². The summed E-state index contributed by atoms with van der Waals surface area (Å²) in [5, 5.41) is 8.34. The predicted molar refractivity (Wildman–Crippen MR) is 108 cm³/mol. The van der Waals surface area contributed by atoms with Gasteiger partial charge in [0, 0.05) is 11.4 Å². The SMILES string of the molecule is C=C(C)COc1ccc(NC(=O)CNc2ccc3ccccc3c2)cc1. The number of ether oxygens (including phenoxy) is 1. The summed E-state index contributed by atoms with van der Waals surface area (Å²) >= 11 is 0. The number of fused-ring (bicyclic) bond motifs is 1. The highest BCUT2D eigenvalue weighted by Crippen LogP contribution is 2.19. The van der Waals surface area contributed by atoms with Crippen LogP contribution in [0.5, 0.6) is 5.75 Å². The molecule has 3 aromatic carbocycles. The fourth-order valence-corrected chi connectivity index (χ4v) is 2.53. The van der Waals surface area contributed by atoms with E-state index in [1.54, 1.807) is 0 Å². The molecule has 0 atom stereocenters. The summed E-state index contributed by atoms with van der Waals surface area (Å²) in [6, 6.07) is 21.5. The van der Waals surface area contributed by atoms with Crippen molar-refractivity contribution in [3.63, 3.8) is 0 Å². The lowest BCUT2D eigenvalue weighted by molar-refractivity contribution is -0.114. The van der Waals surface area contributed by atoms with Crippen molar-refractivity contribution in [2.75, 3.05) is 23.8 Å². The van der Waals surface area contributed by atoms with Crippen LogP contribution in [0.1, 0.15) is 6.92 Å². The summed E-state index contributed by atoms with van der Waals surface area (Å²) in [7, 11) is 0. The molecular weight excluding hydrogens is 324 g/mol. The Labute approximate surface area is 153 Å². The number of amides is 1. The first-order valence-corrected chi connectivity index (χ1v) is 8.50. The molecule has 0 fully saturated rings. The van der Waals surface area contributed by atoms with Gasteiger partial charge in [0.2, 0.25) is 5.91 Å². The van der Waals surface area contributed by atoms with Gasteiger partial charge in [-0.25, -0.2) is 0 Å². The number of nitrogens with one attached hydrogen (secondary N) is 2. The Hall–Kier alpha value is -3.27. The van der Waals surface area contributed by atoms with Crippen molar-refractivity contribution >= 4 is 28.1 Å². The van der Waals surface area contributed by atoms with Crippen LogP contribution in [0.2, 0.25) is 0 Å². The van der Waals surface area contributed by atoms with Gasteiger partial charge in [-0.3, -0.25) is 4.79 Å². The monoisotopic (exact) mass is 346 g/mol. The summed E-state index contributed by atoms with van der Waals surface area (Å²) in [6.07, 6.45) is 0. The highest BCUT2D eigenvalue weighted by molar-refractivity contribution is 5.94. The number of hydrogen-bond acceptors (Lipinski definition) is 3. The van der Waals surface area contributed by atoms with Crippen molar-refractivity contribution < 1.29 is 9.53 Å². The molecule has 0 spiro atoms. The van der Waals surface area contributed by atoms with Crippen molar-refractivity contribution in [1.29, 1.82) is 0 Å². The summed E-state index contributed by atoms with van der Waals surface area (Å²) < 4.78 is 5.54. The van der Waals surface area contributed by atoms with E-state index in [-0.39, 0.29) is 12.5 Å². The zero-order valence-corrected chi connectivity index (χ0v) is 14.8. The van der Waals surface area contributed by atoms with Crippen LogP contribution in [0.15, 0.2) is 78.9 Å². The largest absolute Gasteiger partial charge is 0.489 e. The highest BCUT2D eigenvalue weighted by atomic mass is 16.5. The minimum Gasteiger partial charge on any atom is -0.489 e. The van der Waals surface area contributed by atoms with Crippen molar-refractivity contribution in [3.05, 3.63) is 78.9 Å². The van der Waals surface area contributed by atoms with E-state index in [2.05, 4.69) is 29.3 Å². The van der Waals surface area contributed by atoms with Gasteiger partial charge in [-0.1, -0.05) is 36.9 Å². The first kappa shape index (κ1) is 17.5. The minimum absolute atomic E-state index is 0.103. The van der Waals surface area contributed by atoms with Crippen LogP contribution in [-0.2, 0) is 4.79 Å². The van der Waals surface area contributed by atoms with E-state index in [1.165, 1.54) is 5.39 Å². The molecule has 0 bridgehead atoms. The smallest absolute Gasteiger partial charge is 0.243 e. The topological polar surface area (TPSA) is 50.4 Å². The molecule has 0 aliphatic carbocycles. The Kier molecular flexibility index (Phi) is 5.54. The van der Waals surface area contributed by atoms with Gasteiger partial charge < -0.3 is 15.4 Å². The quantitative estimate of drug-likeness (QED) is 0.602. The van der Waals surface area contributed by atoms with Crippen LogP contribution >= 0.6 is 0 Å². The number of benzene rings is 3. The zero-order valence-electron chi connectivity index (χ0n) is 14.8. The second-order valence-electron chi connectivity index (χ2n) is 6.23. The van der Waals surface area contributed by atoms with Gasteiger partial charge in [-0.15, -0.1) is 0 Å². The van der Waals surface area contributed by atoms with E-state index in [4.69, 9.17) is 4.74 Å². The van der Waals surface area contributed by atoms with Gasteiger partial charge in [0.1, 0.15) is 12.4 Å². The molecule has 4 heteroatoms. The van der Waals surface area contributed by atoms with Crippen molar-refractivity contribution in [2.45, 2.75) is 6.92 Å². The Morgan fingerprint density at radius 2 is 1.65 bits per heavy atom. The van der Waals surface area contributed by atoms with E-state index in [0.29, 0.717) is 6.61 Å². The molecule has 0 aromatic heterocycles. The maximum atomic E-state index is 12.1. The van der Waals surface area contributed by atoms with Crippen molar-refractivity contribution in [2.24, 2.45) is 0 Å². The molecule has 132 valence electrons. The highest BCUT2D eigenvalue weighted by Gasteiger charge is 2.03. The minimum atomic E-state index is -0.103. The van der Waals surface area contributed by atoms with Crippen LogP contribution in [0.4, 0.5) is 11.4 Å². The molecule has 0 radical (unpaired) electrons. The van der Waals surface area contributed by atoms with E-state index in [9.17, 15) is 4.79 Å². The molecule has 3 rings (SSSR count). The third-order valence-corrected chi connectivity index (χ3v) is 3.83. The van der Waals surface area contributed by atoms with Gasteiger partial charge in [0.15, 0.2) is 0 Å². The Bertz CT molecular complexity index is 917. The normalized spacial score (nSPS) is 10.3. The van der Waals surface area contributed by atoms with Crippen LogP contribution < -0.4 is 15.4 Å². The third kappa shape index (κ3) is 4.86. The van der Waals surface area contributed by atoms with Crippen LogP contribution in [-0.4, -0.2) is 19.1 Å². The molecule has 0 aliphatic heterocycles. The Morgan fingerprint density at radius 3 is 2.38 bits per heavy atom. The molecular formula is C22H22N2O2. The standard InChI is InChI=1S/C22H22N2O2/c1-16(2)15-26-21-11-9-19(10-12-21)24-22(25)14-23-20-8-7-17-5-3-4-6-18(17)13-20/h3-13,23H,1,14-15H2,2H3,(H,24,25). The number of carbonyl (C=O) groups is 1. The lowest BCUT2D eigenvalue weighted by Gasteiger charge is -2.10. The summed E-state index contributed by atoms with van der Waals surface area (Å²) in [5.74, 6) is 0.647. The van der Waals surface area contributed by atoms with Crippen LogP contribution in [0.3, 0.4) is 0 Å². The Balaban J connectivity index is 1.52. The maximum Gasteiger partial charge on any atom is 0.243 e. The van der Waals surface area contributed by atoms with Crippen LogP contribution in [0, 0.1) is 0 Å². The van der Waals surface area contributed by atoms with Gasteiger partial charge in [0.25, 0.3) is 0 Å². The number of rotatable bonds is 7. The summed E-state index contributed by atoms with van der Waals surface area (Å²) in [4.78, 5) is 12.1. The molecule has 0 unspecified atom stereocenters. The zero-order chi connectivity index (χ0) is 18.4. The predicted octanol–water partition coefficient (Wildman–Crippen LogP) is 4.85. The first-order chi connectivity index (χ1) is 12.6. The molecule has 0 aliphatic rings. The van der Waals surface area contributed by atoms with Crippen LogP contribution in [0.25, 0.3) is 10.8 Å². The fourth-order valence-electron chi connectivity index (χ4n) is 2.53. The lowest BCUT2D eigenvalue weighted by atomic mass is 10.1. The molecule has 0 saturated carbocycles. The lowest BCUT2D eigenvalue weighted by Crippen LogP contribution is -2.21. The van der Waals surface area contributed by atoms with Gasteiger partial charge in [0.05, 0.1) is 6.54 Å². The first-order valence-electron chi connectivity index (χ1n) is 8.50. The average molecular weight is 346 g/mol. The molecule has 1 amide bonds. The van der Waals surface area contributed by atoms with Gasteiger partial charge in [-0.2, -0.15) is 0 Å². The number of carbonyl (C=O) groups excluding carboxylic acids is 1. The molecule has 2 N–H and O–H groups in total. The number of anilines is 2. The second kappa shape index (κ2) is 8.21. The fraction of sp³-hybridized carbons (Fsp3) is 0.136. The maximum absolute atomic E-state index is 12.1. The van der Waals surface area contributed by atoms with E-state index >= 15 is 0 Å². The van der Waals surface area contributed by atoms with Gasteiger partial charge >= 0.3 is 0 Å². The molecule has 0 heterocycles. The molecule has 0 saturated heterocycles. The third-order valence-electron chi connectivity index (χ3n) is 3.83. The van der Waals surface area contributed by atoms with E-state index in [1.807, 2.05) is 61.5 Å². The van der Waals surface area contributed by atoms with E-state index in [0.717, 1.165) is 28.1 Å². The number of hydrogen-bond donors (Lipinski definition) is 2. The van der Waals surface area contributed by atoms with Crippen molar-refractivity contribution in [1.82, 2.24) is 0 Å². The Morgan fingerprint density at radius 1 is 0.962 bits per heavy atom. The summed E-state index contributed by atoms with van der Waals surface area (Å²) in [6.45, 7) is 6.40. The summed E-state index contributed by atoms with van der Waals surface area (Å²) in [5.41, 5.74) is 2.61. The average Bonchev–Trinajstić information content (AvgIpc) is 2.65. The molecule has 4 nitrogen and oxygen atoms in total. The van der Waals surface area contributed by atoms with Gasteiger partial charge in [-0.05, 0) is 59.7 Å². The molecule has 3 aromatic rings. The molecule has 26 heavy (non-hydrogen) atoms.